The molecule has 6 nitrogen and oxygen atoms in total. The summed E-state index contributed by atoms with van der Waals surface area (Å²) < 4.78 is 11.2. The molecule has 28 heavy (non-hydrogen) atoms. The van der Waals surface area contributed by atoms with Crippen LogP contribution in [0, 0.1) is 0 Å². The SMILES string of the molecule is CC[C@H](C)Oc1ccc(/C=C2/NC(=O)N(c3ccc(Cl)cc3)C2=O)cc1OC. The molecule has 1 atom stereocenters. The Bertz CT molecular complexity index is 925. The number of benzene rings is 2. The van der Waals surface area contributed by atoms with Crippen molar-refractivity contribution < 1.29 is 19.1 Å². The van der Waals surface area contributed by atoms with Gasteiger partial charge in [-0.1, -0.05) is 24.6 Å². The maximum atomic E-state index is 12.7. The molecule has 0 saturated carbocycles. The van der Waals surface area contributed by atoms with Gasteiger partial charge in [0.2, 0.25) is 0 Å². The maximum Gasteiger partial charge on any atom is 0.333 e. The minimum absolute atomic E-state index is 0.0572. The third-order valence-electron chi connectivity index (χ3n) is 4.36. The van der Waals surface area contributed by atoms with E-state index in [-0.39, 0.29) is 11.8 Å². The fraction of sp³-hybridized carbons (Fsp3) is 0.238. The van der Waals surface area contributed by atoms with Gasteiger partial charge in [-0.15, -0.1) is 0 Å². The lowest BCUT2D eigenvalue weighted by molar-refractivity contribution is -0.113. The minimum Gasteiger partial charge on any atom is -0.493 e. The van der Waals surface area contributed by atoms with Gasteiger partial charge in [0, 0.05) is 5.02 Å². The molecule has 146 valence electrons. The normalized spacial score (nSPS) is 16.3. The number of anilines is 1. The number of nitrogens with one attached hydrogen (secondary N) is 1. The van der Waals surface area contributed by atoms with Crippen molar-refractivity contribution in [3.63, 3.8) is 0 Å². The highest BCUT2D eigenvalue weighted by molar-refractivity contribution is 6.31. The largest absolute Gasteiger partial charge is 0.493 e. The van der Waals surface area contributed by atoms with Crippen molar-refractivity contribution in [3.05, 3.63) is 58.7 Å². The smallest absolute Gasteiger partial charge is 0.333 e. The van der Waals surface area contributed by atoms with Crippen molar-refractivity contribution in [2.45, 2.75) is 26.4 Å². The van der Waals surface area contributed by atoms with Crippen LogP contribution in [0.3, 0.4) is 0 Å². The predicted molar refractivity (Wildman–Crippen MR) is 109 cm³/mol. The van der Waals surface area contributed by atoms with Gasteiger partial charge in [0.25, 0.3) is 5.91 Å². The fourth-order valence-corrected chi connectivity index (χ4v) is 2.82. The number of nitrogens with zero attached hydrogens (tertiary/aromatic N) is 1. The molecule has 1 aliphatic heterocycles. The summed E-state index contributed by atoms with van der Waals surface area (Å²) in [7, 11) is 1.56. The van der Waals surface area contributed by atoms with Crippen molar-refractivity contribution in [3.8, 4) is 11.5 Å². The molecule has 2 aromatic rings. The molecule has 1 aliphatic rings. The Hall–Kier alpha value is -2.99. The predicted octanol–water partition coefficient (Wildman–Crippen LogP) is 4.62. The molecule has 0 radical (unpaired) electrons. The Morgan fingerprint density at radius 1 is 1.14 bits per heavy atom. The molecule has 0 unspecified atom stereocenters. The Balaban J connectivity index is 1.86. The standard InChI is InChI=1S/C21H21ClN2O4/c1-4-13(2)28-18-10-5-14(12-19(18)27-3)11-17-20(25)24(21(26)23-17)16-8-6-15(22)7-9-16/h5-13H,4H2,1-3H3,(H,23,26)/b17-11+/t13-/m0/s1. The first-order chi connectivity index (χ1) is 13.4. The summed E-state index contributed by atoms with van der Waals surface area (Å²) in [6.45, 7) is 4.02. The van der Waals surface area contributed by atoms with E-state index in [0.717, 1.165) is 11.3 Å². The molecule has 7 heteroatoms. The maximum absolute atomic E-state index is 12.7. The van der Waals surface area contributed by atoms with Crippen molar-refractivity contribution in [1.82, 2.24) is 5.32 Å². The lowest BCUT2D eigenvalue weighted by Gasteiger charge is -2.15. The molecule has 0 aliphatic carbocycles. The van der Waals surface area contributed by atoms with E-state index in [0.29, 0.717) is 27.8 Å². The number of methoxy groups -OCH3 is 1. The van der Waals surface area contributed by atoms with Crippen LogP contribution in [0.15, 0.2) is 48.2 Å². The zero-order chi connectivity index (χ0) is 20.3. The lowest BCUT2D eigenvalue weighted by Crippen LogP contribution is -2.30. The molecule has 1 heterocycles. The van der Waals surface area contributed by atoms with E-state index in [2.05, 4.69) is 5.32 Å². The number of hydrogen-bond acceptors (Lipinski definition) is 4. The third-order valence-corrected chi connectivity index (χ3v) is 4.62. The number of hydrogen-bond donors (Lipinski definition) is 1. The molecule has 1 fully saturated rings. The third kappa shape index (κ3) is 4.12. The van der Waals surface area contributed by atoms with Crippen LogP contribution in [0.1, 0.15) is 25.8 Å². The topological polar surface area (TPSA) is 67.9 Å². The van der Waals surface area contributed by atoms with E-state index >= 15 is 0 Å². The van der Waals surface area contributed by atoms with E-state index in [4.69, 9.17) is 21.1 Å². The monoisotopic (exact) mass is 400 g/mol. The first-order valence-electron chi connectivity index (χ1n) is 8.90. The first-order valence-corrected chi connectivity index (χ1v) is 9.28. The summed E-state index contributed by atoms with van der Waals surface area (Å²) in [4.78, 5) is 26.0. The van der Waals surface area contributed by atoms with Crippen LogP contribution < -0.4 is 19.7 Å². The summed E-state index contributed by atoms with van der Waals surface area (Å²) in [5, 5.41) is 3.13. The summed E-state index contributed by atoms with van der Waals surface area (Å²) in [6.07, 6.45) is 2.53. The summed E-state index contributed by atoms with van der Waals surface area (Å²) in [6, 6.07) is 11.3. The van der Waals surface area contributed by atoms with Gasteiger partial charge in [0.1, 0.15) is 5.70 Å². The minimum atomic E-state index is -0.512. The highest BCUT2D eigenvalue weighted by Gasteiger charge is 2.34. The number of halogens is 1. The number of amides is 3. The van der Waals surface area contributed by atoms with Gasteiger partial charge >= 0.3 is 6.03 Å². The van der Waals surface area contributed by atoms with E-state index < -0.39 is 11.9 Å². The van der Waals surface area contributed by atoms with Crippen molar-refractivity contribution >= 4 is 35.3 Å². The molecule has 0 bridgehead atoms. The molecule has 0 aromatic heterocycles. The van der Waals surface area contributed by atoms with E-state index in [9.17, 15) is 9.59 Å². The average Bonchev–Trinajstić information content (AvgIpc) is 2.96. The molecular formula is C21H21ClN2O4. The van der Waals surface area contributed by atoms with Gasteiger partial charge in [0.15, 0.2) is 11.5 Å². The van der Waals surface area contributed by atoms with Crippen molar-refractivity contribution in [1.29, 1.82) is 0 Å². The zero-order valence-electron chi connectivity index (χ0n) is 15.9. The second-order valence-electron chi connectivity index (χ2n) is 6.35. The van der Waals surface area contributed by atoms with Crippen LogP contribution in [-0.4, -0.2) is 25.2 Å². The van der Waals surface area contributed by atoms with Crippen molar-refractivity contribution in [2.24, 2.45) is 0 Å². The van der Waals surface area contributed by atoms with Gasteiger partial charge in [-0.05, 0) is 61.4 Å². The molecule has 2 aromatic carbocycles. The van der Waals surface area contributed by atoms with E-state index in [1.165, 1.54) is 0 Å². The molecule has 1 N–H and O–H groups in total. The summed E-state index contributed by atoms with van der Waals surface area (Å²) >= 11 is 5.87. The van der Waals surface area contributed by atoms with Gasteiger partial charge < -0.3 is 14.8 Å². The average molecular weight is 401 g/mol. The Labute approximate surface area is 168 Å². The zero-order valence-corrected chi connectivity index (χ0v) is 16.6. The second kappa shape index (κ2) is 8.35. The number of ether oxygens (including phenoxy) is 2. The van der Waals surface area contributed by atoms with E-state index in [1.54, 1.807) is 55.7 Å². The number of carbonyl (C=O) groups is 2. The van der Waals surface area contributed by atoms with Gasteiger partial charge in [0.05, 0.1) is 18.9 Å². The molecule has 3 rings (SSSR count). The van der Waals surface area contributed by atoms with Crippen LogP contribution in [0.4, 0.5) is 10.5 Å². The lowest BCUT2D eigenvalue weighted by atomic mass is 10.1. The number of rotatable bonds is 6. The second-order valence-corrected chi connectivity index (χ2v) is 6.79. The van der Waals surface area contributed by atoms with Crippen molar-refractivity contribution in [2.75, 3.05) is 12.0 Å². The summed E-state index contributed by atoms with van der Waals surface area (Å²) in [5.74, 6) is 0.746. The summed E-state index contributed by atoms with van der Waals surface area (Å²) in [5.41, 5.74) is 1.33. The van der Waals surface area contributed by atoms with Crippen LogP contribution in [0.5, 0.6) is 11.5 Å². The van der Waals surface area contributed by atoms with Gasteiger partial charge in [-0.25, -0.2) is 9.69 Å². The fourth-order valence-electron chi connectivity index (χ4n) is 2.70. The van der Waals surface area contributed by atoms with Crippen LogP contribution in [0.25, 0.3) is 6.08 Å². The van der Waals surface area contributed by atoms with E-state index in [1.807, 2.05) is 13.8 Å². The highest BCUT2D eigenvalue weighted by atomic mass is 35.5. The Morgan fingerprint density at radius 2 is 1.86 bits per heavy atom. The first kappa shape index (κ1) is 19.8. The quantitative estimate of drug-likeness (QED) is 0.567. The van der Waals surface area contributed by atoms with Gasteiger partial charge in [-0.2, -0.15) is 0 Å². The highest BCUT2D eigenvalue weighted by Crippen LogP contribution is 2.31. The Kier molecular flexibility index (Phi) is 5.90. The van der Waals surface area contributed by atoms with Crippen LogP contribution >= 0.6 is 11.6 Å². The van der Waals surface area contributed by atoms with Gasteiger partial charge in [-0.3, -0.25) is 4.79 Å². The van der Waals surface area contributed by atoms with Crippen LogP contribution in [0.2, 0.25) is 5.02 Å². The van der Waals surface area contributed by atoms with Crippen LogP contribution in [-0.2, 0) is 4.79 Å². The number of urea groups is 1. The molecule has 3 amide bonds. The molecular weight excluding hydrogens is 380 g/mol. The number of imide groups is 1. The number of carbonyl (C=O) groups excluding carboxylic acids is 2. The molecule has 0 spiro atoms. The molecule has 1 saturated heterocycles. The Morgan fingerprint density at radius 3 is 2.50 bits per heavy atom.